The lowest BCUT2D eigenvalue weighted by molar-refractivity contribution is 0.190. The summed E-state index contributed by atoms with van der Waals surface area (Å²) < 4.78 is 0. The first-order valence-electron chi connectivity index (χ1n) is 7.99. The molecule has 5 heteroatoms. The van der Waals surface area contributed by atoms with Gasteiger partial charge in [0.15, 0.2) is 0 Å². The normalized spacial score (nSPS) is 18.0. The maximum atomic E-state index is 11.7. The summed E-state index contributed by atoms with van der Waals surface area (Å²) in [5.74, 6) is 0. The SMILES string of the molecule is CC(CCCO)NC(=O)NCCN(C)C1CCCCC1. The van der Waals surface area contributed by atoms with E-state index in [9.17, 15) is 4.79 Å². The van der Waals surface area contributed by atoms with Gasteiger partial charge in [-0.3, -0.25) is 0 Å². The van der Waals surface area contributed by atoms with E-state index in [-0.39, 0.29) is 18.7 Å². The highest BCUT2D eigenvalue weighted by molar-refractivity contribution is 5.74. The molecule has 1 fully saturated rings. The molecule has 1 rings (SSSR count). The quantitative estimate of drug-likeness (QED) is 0.636. The highest BCUT2D eigenvalue weighted by Crippen LogP contribution is 2.21. The highest BCUT2D eigenvalue weighted by atomic mass is 16.3. The molecular weight excluding hydrogens is 254 g/mol. The molecule has 1 unspecified atom stereocenters. The van der Waals surface area contributed by atoms with E-state index >= 15 is 0 Å². The molecule has 1 aliphatic carbocycles. The van der Waals surface area contributed by atoms with Crippen molar-refractivity contribution in [2.45, 2.75) is 64.0 Å². The standard InChI is InChI=1S/C15H31N3O2/c1-13(7-6-12-19)17-15(20)16-10-11-18(2)14-8-4-3-5-9-14/h13-14,19H,3-12H2,1-2H3,(H2,16,17,20). The van der Waals surface area contributed by atoms with Crippen molar-refractivity contribution < 1.29 is 9.90 Å². The molecule has 0 aromatic carbocycles. The second kappa shape index (κ2) is 10.00. The number of urea groups is 1. The van der Waals surface area contributed by atoms with Crippen molar-refractivity contribution in [1.29, 1.82) is 0 Å². The number of aliphatic hydroxyl groups is 1. The molecule has 1 aliphatic rings. The third-order valence-electron chi connectivity index (χ3n) is 4.12. The Morgan fingerprint density at radius 3 is 2.70 bits per heavy atom. The van der Waals surface area contributed by atoms with Gasteiger partial charge in [-0.05, 0) is 39.7 Å². The molecule has 118 valence electrons. The fourth-order valence-electron chi connectivity index (χ4n) is 2.79. The molecule has 0 spiro atoms. The summed E-state index contributed by atoms with van der Waals surface area (Å²) in [6.07, 6.45) is 8.17. The summed E-state index contributed by atoms with van der Waals surface area (Å²) in [6, 6.07) is 0.697. The minimum atomic E-state index is -0.104. The van der Waals surface area contributed by atoms with E-state index in [0.717, 1.165) is 19.4 Å². The predicted octanol–water partition coefficient (Wildman–Crippen LogP) is 1.71. The minimum Gasteiger partial charge on any atom is -0.396 e. The topological polar surface area (TPSA) is 64.6 Å². The van der Waals surface area contributed by atoms with Gasteiger partial charge < -0.3 is 20.6 Å². The van der Waals surface area contributed by atoms with Gasteiger partial charge in [0, 0.05) is 31.8 Å². The van der Waals surface area contributed by atoms with Gasteiger partial charge in [0.05, 0.1) is 0 Å². The van der Waals surface area contributed by atoms with Crippen molar-refractivity contribution in [3.05, 3.63) is 0 Å². The summed E-state index contributed by atoms with van der Waals surface area (Å²) >= 11 is 0. The number of nitrogens with one attached hydrogen (secondary N) is 2. The molecule has 0 radical (unpaired) electrons. The number of amides is 2. The van der Waals surface area contributed by atoms with E-state index in [4.69, 9.17) is 5.11 Å². The highest BCUT2D eigenvalue weighted by Gasteiger charge is 2.17. The number of aliphatic hydroxyl groups excluding tert-OH is 1. The molecule has 5 nitrogen and oxygen atoms in total. The first kappa shape index (κ1) is 17.2. The average Bonchev–Trinajstić information content (AvgIpc) is 2.45. The predicted molar refractivity (Wildman–Crippen MR) is 81.8 cm³/mol. The van der Waals surface area contributed by atoms with Crippen LogP contribution in [-0.4, -0.2) is 54.9 Å². The van der Waals surface area contributed by atoms with Gasteiger partial charge in [-0.1, -0.05) is 19.3 Å². The zero-order valence-corrected chi connectivity index (χ0v) is 13.0. The van der Waals surface area contributed by atoms with Crippen molar-refractivity contribution >= 4 is 6.03 Å². The molecule has 3 N–H and O–H groups in total. The Morgan fingerprint density at radius 1 is 1.35 bits per heavy atom. The van der Waals surface area contributed by atoms with Crippen LogP contribution in [0.4, 0.5) is 4.79 Å². The van der Waals surface area contributed by atoms with Gasteiger partial charge in [-0.25, -0.2) is 4.79 Å². The number of hydrogen-bond acceptors (Lipinski definition) is 3. The lowest BCUT2D eigenvalue weighted by Gasteiger charge is -2.31. The summed E-state index contributed by atoms with van der Waals surface area (Å²) in [7, 11) is 2.15. The van der Waals surface area contributed by atoms with Gasteiger partial charge in [-0.15, -0.1) is 0 Å². The smallest absolute Gasteiger partial charge is 0.315 e. The van der Waals surface area contributed by atoms with E-state index < -0.39 is 0 Å². The van der Waals surface area contributed by atoms with Gasteiger partial charge >= 0.3 is 6.03 Å². The lowest BCUT2D eigenvalue weighted by Crippen LogP contribution is -2.44. The number of nitrogens with zero attached hydrogens (tertiary/aromatic N) is 1. The average molecular weight is 285 g/mol. The van der Waals surface area contributed by atoms with Crippen LogP contribution in [0.25, 0.3) is 0 Å². The second-order valence-corrected chi connectivity index (χ2v) is 5.94. The Hall–Kier alpha value is -0.810. The Bertz CT molecular complexity index is 268. The number of likely N-dealkylation sites (N-methyl/N-ethyl adjacent to an activating group) is 1. The first-order chi connectivity index (χ1) is 9.63. The van der Waals surface area contributed by atoms with E-state index in [1.807, 2.05) is 6.92 Å². The number of hydrogen-bond donors (Lipinski definition) is 3. The molecule has 0 saturated heterocycles. The van der Waals surface area contributed by atoms with Gasteiger partial charge in [0.1, 0.15) is 0 Å². The van der Waals surface area contributed by atoms with Crippen molar-refractivity contribution in [2.24, 2.45) is 0 Å². The van der Waals surface area contributed by atoms with Gasteiger partial charge in [-0.2, -0.15) is 0 Å². The fourth-order valence-corrected chi connectivity index (χ4v) is 2.79. The summed E-state index contributed by atoms with van der Waals surface area (Å²) in [6.45, 7) is 3.73. The van der Waals surface area contributed by atoms with Crippen LogP contribution in [0, 0.1) is 0 Å². The molecule has 0 aromatic heterocycles. The first-order valence-corrected chi connectivity index (χ1v) is 7.99. The molecule has 1 saturated carbocycles. The molecule has 0 heterocycles. The number of carbonyl (C=O) groups excluding carboxylic acids is 1. The molecule has 1 atom stereocenters. The number of carbonyl (C=O) groups is 1. The van der Waals surface area contributed by atoms with Crippen LogP contribution < -0.4 is 10.6 Å². The largest absolute Gasteiger partial charge is 0.396 e. The van der Waals surface area contributed by atoms with Crippen molar-refractivity contribution in [2.75, 3.05) is 26.7 Å². The van der Waals surface area contributed by atoms with Crippen LogP contribution in [0.5, 0.6) is 0 Å². The third kappa shape index (κ3) is 7.10. The summed E-state index contributed by atoms with van der Waals surface area (Å²) in [4.78, 5) is 14.0. The maximum Gasteiger partial charge on any atom is 0.315 e. The Kier molecular flexibility index (Phi) is 8.62. The molecular formula is C15H31N3O2. The van der Waals surface area contributed by atoms with Gasteiger partial charge in [0.2, 0.25) is 0 Å². The Morgan fingerprint density at radius 2 is 2.05 bits per heavy atom. The molecule has 20 heavy (non-hydrogen) atoms. The third-order valence-corrected chi connectivity index (χ3v) is 4.12. The van der Waals surface area contributed by atoms with Crippen LogP contribution in [-0.2, 0) is 0 Å². The van der Waals surface area contributed by atoms with Gasteiger partial charge in [0.25, 0.3) is 0 Å². The van der Waals surface area contributed by atoms with Crippen molar-refractivity contribution in [3.8, 4) is 0 Å². The van der Waals surface area contributed by atoms with Crippen LogP contribution in [0.3, 0.4) is 0 Å². The lowest BCUT2D eigenvalue weighted by atomic mass is 9.94. The van der Waals surface area contributed by atoms with Crippen LogP contribution in [0.2, 0.25) is 0 Å². The Balaban J connectivity index is 2.08. The second-order valence-electron chi connectivity index (χ2n) is 5.94. The van der Waals surface area contributed by atoms with E-state index in [1.54, 1.807) is 0 Å². The van der Waals surface area contributed by atoms with Crippen molar-refractivity contribution in [1.82, 2.24) is 15.5 Å². The maximum absolute atomic E-state index is 11.7. The van der Waals surface area contributed by atoms with Crippen molar-refractivity contribution in [3.63, 3.8) is 0 Å². The molecule has 0 aromatic rings. The minimum absolute atomic E-state index is 0.104. The molecule has 0 bridgehead atoms. The summed E-state index contributed by atoms with van der Waals surface area (Å²) in [5.41, 5.74) is 0. The zero-order valence-electron chi connectivity index (χ0n) is 13.0. The van der Waals surface area contributed by atoms with Crippen LogP contribution >= 0.6 is 0 Å². The van der Waals surface area contributed by atoms with E-state index in [0.29, 0.717) is 12.6 Å². The Labute approximate surface area is 123 Å². The van der Waals surface area contributed by atoms with Crippen LogP contribution in [0.15, 0.2) is 0 Å². The zero-order chi connectivity index (χ0) is 14.8. The molecule has 0 aliphatic heterocycles. The number of rotatable bonds is 8. The fraction of sp³-hybridized carbons (Fsp3) is 0.933. The molecule has 2 amide bonds. The van der Waals surface area contributed by atoms with E-state index in [1.165, 1.54) is 32.1 Å². The monoisotopic (exact) mass is 285 g/mol. The summed E-state index contributed by atoms with van der Waals surface area (Å²) in [5, 5.41) is 14.5. The van der Waals surface area contributed by atoms with E-state index in [2.05, 4.69) is 22.6 Å². The van der Waals surface area contributed by atoms with Crippen LogP contribution in [0.1, 0.15) is 51.9 Å².